The monoisotopic (exact) mass is 290 g/mol. The second-order valence-corrected chi connectivity index (χ2v) is 5.16. The van der Waals surface area contributed by atoms with Crippen molar-refractivity contribution in [2.75, 3.05) is 0 Å². The van der Waals surface area contributed by atoms with Crippen molar-refractivity contribution in [1.82, 2.24) is 20.4 Å². The standard InChI is InChI=1S/C11H22O.C5H4N4/c1-3-5-7-9-11(12)10-8-6-4-2;1-2-6-5-3-7-9-8-4(1)5/h3-10H2,1-2H3;1-3,6H. The molecule has 116 valence electrons. The van der Waals surface area contributed by atoms with E-state index >= 15 is 0 Å². The van der Waals surface area contributed by atoms with Gasteiger partial charge in [-0.15, -0.1) is 10.2 Å². The number of hydrogen-bond donors (Lipinski definition) is 1. The number of aromatic amines is 1. The first-order valence-electron chi connectivity index (χ1n) is 7.91. The number of fused-ring (bicyclic) bond motifs is 1. The van der Waals surface area contributed by atoms with Crippen molar-refractivity contribution < 1.29 is 4.79 Å². The van der Waals surface area contributed by atoms with Crippen LogP contribution < -0.4 is 0 Å². The van der Waals surface area contributed by atoms with Gasteiger partial charge in [-0.2, -0.15) is 0 Å². The summed E-state index contributed by atoms with van der Waals surface area (Å²) in [5.41, 5.74) is 1.77. The van der Waals surface area contributed by atoms with E-state index in [2.05, 4.69) is 34.2 Å². The van der Waals surface area contributed by atoms with Gasteiger partial charge in [0, 0.05) is 19.0 Å². The third kappa shape index (κ3) is 7.54. The number of nitrogens with zero attached hydrogens (tertiary/aromatic N) is 3. The van der Waals surface area contributed by atoms with E-state index in [4.69, 9.17) is 0 Å². The number of carbonyl (C=O) groups excluding carboxylic acids is 1. The van der Waals surface area contributed by atoms with Crippen molar-refractivity contribution in [3.63, 3.8) is 0 Å². The zero-order valence-corrected chi connectivity index (χ0v) is 13.1. The first-order chi connectivity index (χ1) is 10.3. The molecule has 0 saturated heterocycles. The van der Waals surface area contributed by atoms with Crippen LogP contribution in [0.3, 0.4) is 0 Å². The number of carbonyl (C=O) groups is 1. The molecule has 0 aliphatic heterocycles. The van der Waals surface area contributed by atoms with Crippen LogP contribution in [0.4, 0.5) is 0 Å². The maximum absolute atomic E-state index is 11.2. The summed E-state index contributed by atoms with van der Waals surface area (Å²) in [5, 5.41) is 10.8. The molecule has 0 spiro atoms. The summed E-state index contributed by atoms with van der Waals surface area (Å²) < 4.78 is 0. The molecule has 0 saturated carbocycles. The topological polar surface area (TPSA) is 71.5 Å². The highest BCUT2D eigenvalue weighted by atomic mass is 16.1. The summed E-state index contributed by atoms with van der Waals surface area (Å²) in [6.07, 6.45) is 12.1. The van der Waals surface area contributed by atoms with E-state index < -0.39 is 0 Å². The molecule has 0 fully saturated rings. The Hall–Kier alpha value is -1.78. The summed E-state index contributed by atoms with van der Waals surface area (Å²) in [6, 6.07) is 1.85. The quantitative estimate of drug-likeness (QED) is 0.744. The number of hydrogen-bond acceptors (Lipinski definition) is 4. The largest absolute Gasteiger partial charge is 0.358 e. The van der Waals surface area contributed by atoms with Gasteiger partial charge in [-0.05, 0) is 24.1 Å². The fraction of sp³-hybridized carbons (Fsp3) is 0.625. The van der Waals surface area contributed by atoms with Gasteiger partial charge in [0.2, 0.25) is 0 Å². The summed E-state index contributed by atoms with van der Waals surface area (Å²) >= 11 is 0. The zero-order chi connectivity index (χ0) is 15.3. The Kier molecular flexibility index (Phi) is 9.00. The van der Waals surface area contributed by atoms with Gasteiger partial charge < -0.3 is 4.98 Å². The third-order valence-electron chi connectivity index (χ3n) is 3.27. The zero-order valence-electron chi connectivity index (χ0n) is 13.1. The predicted molar refractivity (Wildman–Crippen MR) is 85.0 cm³/mol. The second kappa shape index (κ2) is 10.9. The van der Waals surface area contributed by atoms with Gasteiger partial charge in [-0.1, -0.05) is 39.5 Å². The molecular formula is C16H26N4O. The molecule has 0 unspecified atom stereocenters. The summed E-state index contributed by atoms with van der Waals surface area (Å²) in [4.78, 5) is 14.1. The Balaban J connectivity index is 0.000000216. The van der Waals surface area contributed by atoms with Gasteiger partial charge in [0.25, 0.3) is 0 Å². The van der Waals surface area contributed by atoms with E-state index in [0.29, 0.717) is 5.78 Å². The maximum Gasteiger partial charge on any atom is 0.132 e. The molecule has 5 nitrogen and oxygen atoms in total. The Labute approximate surface area is 126 Å². The number of nitrogens with one attached hydrogen (secondary N) is 1. The smallest absolute Gasteiger partial charge is 0.132 e. The van der Waals surface area contributed by atoms with Crippen LogP contribution in [-0.2, 0) is 4.79 Å². The number of unbranched alkanes of at least 4 members (excludes halogenated alkanes) is 4. The van der Waals surface area contributed by atoms with Gasteiger partial charge in [-0.3, -0.25) is 4.79 Å². The van der Waals surface area contributed by atoms with Crippen molar-refractivity contribution in [3.05, 3.63) is 18.5 Å². The van der Waals surface area contributed by atoms with Crippen LogP contribution in [0.5, 0.6) is 0 Å². The molecule has 2 aromatic heterocycles. The Morgan fingerprint density at radius 3 is 2.33 bits per heavy atom. The molecule has 2 rings (SSSR count). The van der Waals surface area contributed by atoms with Crippen LogP contribution >= 0.6 is 0 Å². The van der Waals surface area contributed by atoms with Crippen molar-refractivity contribution in [2.24, 2.45) is 0 Å². The normalized spacial score (nSPS) is 10.2. The van der Waals surface area contributed by atoms with Crippen LogP contribution in [0.2, 0.25) is 0 Å². The molecule has 0 bridgehead atoms. The van der Waals surface area contributed by atoms with Crippen LogP contribution in [0.1, 0.15) is 65.2 Å². The first-order valence-corrected chi connectivity index (χ1v) is 7.91. The fourth-order valence-corrected chi connectivity index (χ4v) is 1.99. The van der Waals surface area contributed by atoms with Gasteiger partial charge in [-0.25, -0.2) is 0 Å². The van der Waals surface area contributed by atoms with E-state index in [1.807, 2.05) is 6.07 Å². The molecule has 0 atom stereocenters. The molecule has 21 heavy (non-hydrogen) atoms. The average molecular weight is 290 g/mol. The minimum atomic E-state index is 0.469. The Bertz CT molecular complexity index is 467. The van der Waals surface area contributed by atoms with E-state index in [1.165, 1.54) is 25.7 Å². The molecule has 2 aromatic rings. The molecule has 0 aliphatic rings. The minimum absolute atomic E-state index is 0.469. The van der Waals surface area contributed by atoms with Gasteiger partial charge >= 0.3 is 0 Å². The van der Waals surface area contributed by atoms with E-state index in [1.54, 1.807) is 12.4 Å². The predicted octanol–water partition coefficient (Wildman–Crippen LogP) is 4.07. The van der Waals surface area contributed by atoms with Crippen molar-refractivity contribution in [3.8, 4) is 0 Å². The summed E-state index contributed by atoms with van der Waals surface area (Å²) in [6.45, 7) is 4.34. The average Bonchev–Trinajstić information content (AvgIpc) is 2.97. The lowest BCUT2D eigenvalue weighted by Crippen LogP contribution is -1.96. The van der Waals surface area contributed by atoms with E-state index in [0.717, 1.165) is 36.7 Å². The second-order valence-electron chi connectivity index (χ2n) is 5.16. The molecule has 0 radical (unpaired) electrons. The lowest BCUT2D eigenvalue weighted by atomic mass is 10.1. The van der Waals surface area contributed by atoms with Crippen LogP contribution in [0.25, 0.3) is 11.0 Å². The number of ketones is 1. The summed E-state index contributed by atoms with van der Waals surface area (Å²) in [5.74, 6) is 0.469. The lowest BCUT2D eigenvalue weighted by Gasteiger charge is -1.98. The molecule has 0 aromatic carbocycles. The molecule has 5 heteroatoms. The van der Waals surface area contributed by atoms with Crippen molar-refractivity contribution in [2.45, 2.75) is 65.2 Å². The van der Waals surface area contributed by atoms with Crippen molar-refractivity contribution in [1.29, 1.82) is 0 Å². The van der Waals surface area contributed by atoms with Crippen molar-refractivity contribution >= 4 is 16.8 Å². The van der Waals surface area contributed by atoms with Gasteiger partial charge in [0.15, 0.2) is 0 Å². The van der Waals surface area contributed by atoms with Crippen LogP contribution in [0.15, 0.2) is 18.5 Å². The van der Waals surface area contributed by atoms with E-state index in [-0.39, 0.29) is 0 Å². The van der Waals surface area contributed by atoms with Crippen LogP contribution in [-0.4, -0.2) is 26.2 Å². The maximum atomic E-state index is 11.2. The molecular weight excluding hydrogens is 264 g/mol. The minimum Gasteiger partial charge on any atom is -0.358 e. The fourth-order valence-electron chi connectivity index (χ4n) is 1.99. The SMILES string of the molecule is CCCCCC(=O)CCCCC.c1cc2nnncc2[nH]1. The molecule has 0 aliphatic carbocycles. The third-order valence-corrected chi connectivity index (χ3v) is 3.27. The number of aromatic nitrogens is 4. The first kappa shape index (κ1) is 17.3. The van der Waals surface area contributed by atoms with Crippen LogP contribution in [0, 0.1) is 0 Å². The highest BCUT2D eigenvalue weighted by molar-refractivity contribution is 5.78. The number of rotatable bonds is 8. The van der Waals surface area contributed by atoms with Gasteiger partial charge in [0.1, 0.15) is 11.3 Å². The highest BCUT2D eigenvalue weighted by Gasteiger charge is 1.99. The number of Topliss-reactive ketones (excluding diaryl/α,β-unsaturated/α-hetero) is 1. The van der Waals surface area contributed by atoms with Gasteiger partial charge in [0.05, 0.1) is 11.7 Å². The van der Waals surface area contributed by atoms with E-state index in [9.17, 15) is 4.79 Å². The molecule has 2 heterocycles. The Morgan fingerprint density at radius 1 is 1.10 bits per heavy atom. The summed E-state index contributed by atoms with van der Waals surface area (Å²) in [7, 11) is 0. The highest BCUT2D eigenvalue weighted by Crippen LogP contribution is 2.06. The Morgan fingerprint density at radius 2 is 1.76 bits per heavy atom. The number of H-pyrrole nitrogens is 1. The lowest BCUT2D eigenvalue weighted by molar-refractivity contribution is -0.119. The molecule has 1 N–H and O–H groups in total. The molecule has 0 amide bonds.